The van der Waals surface area contributed by atoms with Crippen LogP contribution in [0.2, 0.25) is 0 Å². The molecule has 24 heavy (non-hydrogen) atoms. The van der Waals surface area contributed by atoms with Crippen molar-refractivity contribution in [1.82, 2.24) is 9.97 Å². The smallest absolute Gasteiger partial charge is 0.314 e. The third-order valence-corrected chi connectivity index (χ3v) is 2.83. The van der Waals surface area contributed by atoms with Gasteiger partial charge < -0.3 is 4.98 Å². The van der Waals surface area contributed by atoms with Crippen LogP contribution in [0, 0.1) is 22.7 Å². The lowest BCUT2D eigenvalue weighted by Gasteiger charge is -2.11. The van der Waals surface area contributed by atoms with Crippen molar-refractivity contribution in [3.8, 4) is 12.1 Å². The van der Waals surface area contributed by atoms with Gasteiger partial charge in [0.1, 0.15) is 12.1 Å². The molecule has 0 saturated heterocycles. The molecule has 2 aromatic rings. The lowest BCUT2D eigenvalue weighted by Crippen LogP contribution is -2.16. The molecule has 0 aliphatic carbocycles. The molecule has 0 aliphatic rings. The summed E-state index contributed by atoms with van der Waals surface area (Å²) in [5.41, 5.74) is -1.77. The minimum atomic E-state index is -4.74. The first-order valence-corrected chi connectivity index (χ1v) is 6.40. The second-order valence-electron chi connectivity index (χ2n) is 4.44. The number of allylic oxidation sites excluding steroid dienone is 1. The number of H-pyrrole nitrogens is 1. The fourth-order valence-electron chi connectivity index (χ4n) is 1.82. The third kappa shape index (κ3) is 3.78. The van der Waals surface area contributed by atoms with Crippen LogP contribution in [0.1, 0.15) is 17.0 Å². The predicted molar refractivity (Wildman–Crippen MR) is 77.1 cm³/mol. The molecule has 2 rings (SSSR count). The summed E-state index contributed by atoms with van der Waals surface area (Å²) in [6.45, 7) is 0. The van der Waals surface area contributed by atoms with E-state index in [1.165, 1.54) is 24.3 Å². The number of carbonyl (C=O) groups is 1. The van der Waals surface area contributed by atoms with E-state index in [-0.39, 0.29) is 22.9 Å². The average molecular weight is 331 g/mol. The first-order chi connectivity index (χ1) is 11.3. The Hall–Kier alpha value is -3.59. The van der Waals surface area contributed by atoms with Crippen LogP contribution >= 0.6 is 0 Å². The fourth-order valence-corrected chi connectivity index (χ4v) is 1.82. The van der Waals surface area contributed by atoms with Gasteiger partial charge in [-0.1, -0.05) is 30.3 Å². The van der Waals surface area contributed by atoms with Crippen molar-refractivity contribution in [3.63, 3.8) is 0 Å². The molecule has 2 N–H and O–H groups in total. The van der Waals surface area contributed by atoms with Crippen LogP contribution in [-0.2, 0) is 4.79 Å². The molecule has 6 nitrogen and oxygen atoms in total. The third-order valence-electron chi connectivity index (χ3n) is 2.83. The summed E-state index contributed by atoms with van der Waals surface area (Å²) in [5, 5.41) is 19.6. The lowest BCUT2D eigenvalue weighted by atomic mass is 10.1. The van der Waals surface area contributed by atoms with E-state index >= 15 is 0 Å². The van der Waals surface area contributed by atoms with Gasteiger partial charge in [-0.2, -0.15) is 23.7 Å². The normalized spacial score (nSPS) is 11.5. The van der Waals surface area contributed by atoms with Crippen LogP contribution in [0.15, 0.2) is 36.4 Å². The van der Waals surface area contributed by atoms with Crippen LogP contribution in [0.5, 0.6) is 0 Å². The number of nitrogens with zero attached hydrogens (tertiary/aromatic N) is 3. The molecular weight excluding hydrogens is 323 g/mol. The van der Waals surface area contributed by atoms with Gasteiger partial charge in [-0.05, 0) is 5.56 Å². The molecule has 0 unspecified atom stereocenters. The van der Waals surface area contributed by atoms with Gasteiger partial charge >= 0.3 is 6.18 Å². The summed E-state index contributed by atoms with van der Waals surface area (Å²) < 4.78 is 39.4. The Balaban J connectivity index is 2.31. The topological polar surface area (TPSA) is 105 Å². The number of aromatic nitrogens is 2. The van der Waals surface area contributed by atoms with E-state index in [0.29, 0.717) is 6.08 Å². The Bertz CT molecular complexity index is 838. The standard InChI is InChI=1S/C15H8F3N5O/c16-15(17,18)10(9-4-2-1-3-5-9)6-13(24)23-14-21-11(7-19)12(8-20)22-14/h1-6H,(H2,21,22,23,24)/b10-6+. The van der Waals surface area contributed by atoms with Crippen LogP contribution in [0.4, 0.5) is 19.1 Å². The molecule has 0 saturated carbocycles. The Morgan fingerprint density at radius 1 is 1.21 bits per heavy atom. The van der Waals surface area contributed by atoms with Crippen molar-refractivity contribution in [2.45, 2.75) is 6.18 Å². The molecule has 1 heterocycles. The monoisotopic (exact) mass is 331 g/mol. The number of benzene rings is 1. The Kier molecular flexibility index (Phi) is 4.66. The van der Waals surface area contributed by atoms with Gasteiger partial charge in [-0.15, -0.1) is 0 Å². The minimum absolute atomic E-state index is 0.171. The molecule has 1 amide bonds. The van der Waals surface area contributed by atoms with Crippen LogP contribution in [0.25, 0.3) is 5.57 Å². The number of carbonyl (C=O) groups excluding carboxylic acids is 1. The molecule has 0 fully saturated rings. The molecule has 0 radical (unpaired) electrons. The Morgan fingerprint density at radius 2 is 1.88 bits per heavy atom. The van der Waals surface area contributed by atoms with Gasteiger partial charge in [0.2, 0.25) is 5.95 Å². The number of amides is 1. The number of aromatic amines is 1. The maximum atomic E-state index is 13.1. The fraction of sp³-hybridized carbons (Fsp3) is 0.0667. The number of anilines is 1. The molecule has 1 aromatic heterocycles. The summed E-state index contributed by atoms with van der Waals surface area (Å²) in [7, 11) is 0. The summed E-state index contributed by atoms with van der Waals surface area (Å²) in [5.74, 6) is -1.40. The summed E-state index contributed by atoms with van der Waals surface area (Å²) in [4.78, 5) is 17.8. The molecule has 0 spiro atoms. The molecular formula is C15H8F3N5O. The summed E-state index contributed by atoms with van der Waals surface area (Å²) >= 11 is 0. The number of hydrogen-bond donors (Lipinski definition) is 2. The van der Waals surface area contributed by atoms with Crippen molar-refractivity contribution in [3.05, 3.63) is 53.4 Å². The maximum Gasteiger partial charge on any atom is 0.417 e. The molecule has 0 bridgehead atoms. The zero-order valence-electron chi connectivity index (χ0n) is 11.8. The maximum absolute atomic E-state index is 13.1. The summed E-state index contributed by atoms with van der Waals surface area (Å²) in [6, 6.07) is 10.1. The molecule has 0 aliphatic heterocycles. The van der Waals surface area contributed by atoms with Gasteiger partial charge in [0.05, 0.1) is 5.57 Å². The highest BCUT2D eigenvalue weighted by Crippen LogP contribution is 2.33. The van der Waals surface area contributed by atoms with Gasteiger partial charge in [0, 0.05) is 6.08 Å². The van der Waals surface area contributed by atoms with Crippen molar-refractivity contribution >= 4 is 17.4 Å². The van der Waals surface area contributed by atoms with Gasteiger partial charge in [0.15, 0.2) is 11.4 Å². The van der Waals surface area contributed by atoms with Crippen LogP contribution in [-0.4, -0.2) is 22.1 Å². The minimum Gasteiger partial charge on any atom is -0.314 e. The number of alkyl halides is 3. The van der Waals surface area contributed by atoms with Crippen LogP contribution in [0.3, 0.4) is 0 Å². The van der Waals surface area contributed by atoms with E-state index in [1.807, 2.05) is 0 Å². The van der Waals surface area contributed by atoms with Crippen LogP contribution < -0.4 is 5.32 Å². The number of nitriles is 2. The van der Waals surface area contributed by atoms with Crippen molar-refractivity contribution in [1.29, 1.82) is 10.5 Å². The number of halogens is 3. The first-order valence-electron chi connectivity index (χ1n) is 6.40. The highest BCUT2D eigenvalue weighted by molar-refractivity contribution is 6.03. The SMILES string of the molecule is N#Cc1nc(NC(=O)/C=C(\c2ccccc2)C(F)(F)F)[nH]c1C#N. The second kappa shape index (κ2) is 6.67. The van der Waals surface area contributed by atoms with E-state index in [1.54, 1.807) is 18.2 Å². The molecule has 1 aromatic carbocycles. The van der Waals surface area contributed by atoms with Gasteiger partial charge in [0.25, 0.3) is 5.91 Å². The van der Waals surface area contributed by atoms with Gasteiger partial charge in [-0.25, -0.2) is 4.98 Å². The number of hydrogen-bond acceptors (Lipinski definition) is 4. The zero-order valence-corrected chi connectivity index (χ0v) is 11.8. The highest BCUT2D eigenvalue weighted by Gasteiger charge is 2.35. The van der Waals surface area contributed by atoms with Gasteiger partial charge in [-0.3, -0.25) is 10.1 Å². The van der Waals surface area contributed by atoms with E-state index in [0.717, 1.165) is 0 Å². The molecule has 9 heteroatoms. The number of imidazole rings is 1. The van der Waals surface area contributed by atoms with E-state index in [4.69, 9.17) is 10.5 Å². The first kappa shape index (κ1) is 16.8. The van der Waals surface area contributed by atoms with Crippen molar-refractivity contribution in [2.75, 3.05) is 5.32 Å². The van der Waals surface area contributed by atoms with Crippen molar-refractivity contribution in [2.24, 2.45) is 0 Å². The predicted octanol–water partition coefficient (Wildman–Crippen LogP) is 2.74. The van der Waals surface area contributed by atoms with E-state index in [9.17, 15) is 18.0 Å². The number of nitrogens with one attached hydrogen (secondary N) is 2. The molecule has 120 valence electrons. The quantitative estimate of drug-likeness (QED) is 0.844. The molecule has 0 atom stereocenters. The zero-order chi connectivity index (χ0) is 17.7. The second-order valence-corrected chi connectivity index (χ2v) is 4.44. The largest absolute Gasteiger partial charge is 0.417 e. The van der Waals surface area contributed by atoms with E-state index in [2.05, 4.69) is 15.3 Å². The number of rotatable bonds is 3. The average Bonchev–Trinajstić information content (AvgIpc) is 2.94. The van der Waals surface area contributed by atoms with E-state index < -0.39 is 17.7 Å². The van der Waals surface area contributed by atoms with Crippen molar-refractivity contribution < 1.29 is 18.0 Å². The lowest BCUT2D eigenvalue weighted by molar-refractivity contribution is -0.112. The Morgan fingerprint density at radius 3 is 2.38 bits per heavy atom. The highest BCUT2D eigenvalue weighted by atomic mass is 19.4. The Labute approximate surface area is 133 Å². The summed E-state index contributed by atoms with van der Waals surface area (Å²) in [6.07, 6.45) is -4.35.